The monoisotopic (exact) mass is 287 g/mol. The molecule has 0 aliphatic rings. The Balaban J connectivity index is 2.28. The zero-order valence-corrected chi connectivity index (χ0v) is 13.8. The van der Waals surface area contributed by atoms with Gasteiger partial charge in [0, 0.05) is 50.1 Å². The molecule has 0 atom stereocenters. The Hall–Kier alpha value is -1.91. The van der Waals surface area contributed by atoms with Crippen LogP contribution in [-0.4, -0.2) is 26.8 Å². The first kappa shape index (κ1) is 15.5. The van der Waals surface area contributed by atoms with Gasteiger partial charge in [-0.1, -0.05) is 27.7 Å². The Kier molecular flexibility index (Phi) is 4.60. The lowest BCUT2D eigenvalue weighted by atomic mass is 10.1. The summed E-state index contributed by atoms with van der Waals surface area (Å²) in [5.41, 5.74) is 2.28. The van der Waals surface area contributed by atoms with Crippen LogP contribution in [0.3, 0.4) is 0 Å². The maximum absolute atomic E-state index is 4.71. The lowest BCUT2D eigenvalue weighted by Crippen LogP contribution is -2.19. The van der Waals surface area contributed by atoms with Crippen molar-refractivity contribution < 1.29 is 0 Å². The number of aryl methyl sites for hydroxylation is 1. The van der Waals surface area contributed by atoms with Crippen molar-refractivity contribution in [3.63, 3.8) is 0 Å². The van der Waals surface area contributed by atoms with Gasteiger partial charge in [-0.3, -0.25) is 4.68 Å². The van der Waals surface area contributed by atoms with Crippen LogP contribution in [0.4, 0.5) is 5.82 Å². The van der Waals surface area contributed by atoms with Crippen molar-refractivity contribution in [2.45, 2.75) is 46.1 Å². The molecule has 0 N–H and O–H groups in total. The van der Waals surface area contributed by atoms with Crippen molar-refractivity contribution in [3.05, 3.63) is 35.5 Å². The number of anilines is 1. The molecule has 0 saturated heterocycles. The molecule has 0 aliphatic heterocycles. The van der Waals surface area contributed by atoms with Gasteiger partial charge in [-0.2, -0.15) is 5.10 Å². The summed E-state index contributed by atoms with van der Waals surface area (Å²) in [4.78, 5) is 11.5. The summed E-state index contributed by atoms with van der Waals surface area (Å²) in [6, 6.07) is 2.09. The second kappa shape index (κ2) is 6.24. The van der Waals surface area contributed by atoms with Crippen LogP contribution in [-0.2, 0) is 13.6 Å². The normalized spacial score (nSPS) is 11.4. The van der Waals surface area contributed by atoms with Gasteiger partial charge in [-0.05, 0) is 5.92 Å². The van der Waals surface area contributed by atoms with Crippen molar-refractivity contribution in [2.75, 3.05) is 11.9 Å². The average Bonchev–Trinajstić information content (AvgIpc) is 2.83. The van der Waals surface area contributed by atoms with E-state index in [1.54, 1.807) is 0 Å². The molecule has 2 aromatic heterocycles. The van der Waals surface area contributed by atoms with Crippen molar-refractivity contribution in [3.8, 4) is 0 Å². The third-order valence-corrected chi connectivity index (χ3v) is 3.43. The molecule has 0 unspecified atom stereocenters. The number of hydrogen-bond donors (Lipinski definition) is 0. The molecule has 2 aromatic rings. The van der Waals surface area contributed by atoms with Gasteiger partial charge in [0.1, 0.15) is 11.6 Å². The van der Waals surface area contributed by atoms with Crippen molar-refractivity contribution in [1.82, 2.24) is 19.7 Å². The standard InChI is InChI=1S/C16H25N5/c1-11(2)14-7-15(19-16(18-14)12(3)4)20(5)9-13-8-17-21(6)10-13/h7-8,10-12H,9H2,1-6H3. The first-order valence-electron chi connectivity index (χ1n) is 7.44. The largest absolute Gasteiger partial charge is 0.355 e. The predicted octanol–water partition coefficient (Wildman–Crippen LogP) is 3.09. The smallest absolute Gasteiger partial charge is 0.133 e. The minimum Gasteiger partial charge on any atom is -0.355 e. The molecule has 2 heterocycles. The van der Waals surface area contributed by atoms with Crippen molar-refractivity contribution >= 4 is 5.82 Å². The molecule has 2 rings (SSSR count). The molecule has 5 heteroatoms. The Labute approximate surface area is 127 Å². The zero-order chi connectivity index (χ0) is 15.6. The Morgan fingerprint density at radius 1 is 1.14 bits per heavy atom. The van der Waals surface area contributed by atoms with Gasteiger partial charge >= 0.3 is 0 Å². The van der Waals surface area contributed by atoms with Crippen molar-refractivity contribution in [2.24, 2.45) is 7.05 Å². The highest BCUT2D eigenvalue weighted by molar-refractivity contribution is 5.40. The van der Waals surface area contributed by atoms with Crippen LogP contribution in [0.15, 0.2) is 18.5 Å². The third kappa shape index (κ3) is 3.80. The minimum atomic E-state index is 0.328. The van der Waals surface area contributed by atoms with Crippen LogP contribution in [0.2, 0.25) is 0 Å². The Morgan fingerprint density at radius 3 is 2.38 bits per heavy atom. The maximum atomic E-state index is 4.71. The van der Waals surface area contributed by atoms with E-state index in [9.17, 15) is 0 Å². The summed E-state index contributed by atoms with van der Waals surface area (Å²) < 4.78 is 1.82. The number of nitrogens with zero attached hydrogens (tertiary/aromatic N) is 5. The lowest BCUT2D eigenvalue weighted by molar-refractivity contribution is 0.721. The molecule has 0 aromatic carbocycles. The second-order valence-corrected chi connectivity index (χ2v) is 6.20. The quantitative estimate of drug-likeness (QED) is 0.848. The molecule has 0 aliphatic carbocycles. The van der Waals surface area contributed by atoms with E-state index < -0.39 is 0 Å². The van der Waals surface area contributed by atoms with E-state index in [0.717, 1.165) is 23.9 Å². The molecule has 0 amide bonds. The molecule has 0 radical (unpaired) electrons. The first-order valence-corrected chi connectivity index (χ1v) is 7.44. The molecule has 0 fully saturated rings. The second-order valence-electron chi connectivity index (χ2n) is 6.20. The van der Waals surface area contributed by atoms with E-state index in [4.69, 9.17) is 4.98 Å². The summed E-state index contributed by atoms with van der Waals surface area (Å²) in [7, 11) is 3.99. The highest BCUT2D eigenvalue weighted by Crippen LogP contribution is 2.22. The van der Waals surface area contributed by atoms with Crippen LogP contribution in [0, 0.1) is 0 Å². The highest BCUT2D eigenvalue weighted by Gasteiger charge is 2.13. The van der Waals surface area contributed by atoms with Crippen LogP contribution in [0.5, 0.6) is 0 Å². The summed E-state index contributed by atoms with van der Waals surface area (Å²) in [5, 5.41) is 4.21. The van der Waals surface area contributed by atoms with E-state index in [-0.39, 0.29) is 0 Å². The van der Waals surface area contributed by atoms with Crippen LogP contribution < -0.4 is 4.90 Å². The molecule has 0 saturated carbocycles. The molecular weight excluding hydrogens is 262 g/mol. The van der Waals surface area contributed by atoms with Gasteiger partial charge in [0.05, 0.1) is 6.20 Å². The summed E-state index contributed by atoms with van der Waals surface area (Å²) in [6.45, 7) is 9.38. The van der Waals surface area contributed by atoms with Crippen LogP contribution in [0.1, 0.15) is 56.6 Å². The van der Waals surface area contributed by atoms with E-state index >= 15 is 0 Å². The third-order valence-electron chi connectivity index (χ3n) is 3.43. The highest BCUT2D eigenvalue weighted by atomic mass is 15.2. The zero-order valence-electron chi connectivity index (χ0n) is 13.8. The number of hydrogen-bond acceptors (Lipinski definition) is 4. The van der Waals surface area contributed by atoms with Gasteiger partial charge < -0.3 is 4.90 Å². The fourth-order valence-corrected chi connectivity index (χ4v) is 2.13. The van der Waals surface area contributed by atoms with Gasteiger partial charge in [-0.25, -0.2) is 9.97 Å². The Morgan fingerprint density at radius 2 is 1.86 bits per heavy atom. The molecule has 5 nitrogen and oxygen atoms in total. The predicted molar refractivity (Wildman–Crippen MR) is 85.5 cm³/mol. The fourth-order valence-electron chi connectivity index (χ4n) is 2.13. The maximum Gasteiger partial charge on any atom is 0.133 e. The topological polar surface area (TPSA) is 46.8 Å². The molecular formula is C16H25N5. The van der Waals surface area contributed by atoms with Crippen LogP contribution >= 0.6 is 0 Å². The molecule has 0 spiro atoms. The van der Waals surface area contributed by atoms with E-state index in [1.165, 1.54) is 5.56 Å². The van der Waals surface area contributed by atoms with E-state index in [2.05, 4.69) is 55.8 Å². The summed E-state index contributed by atoms with van der Waals surface area (Å²) in [6.07, 6.45) is 3.93. The van der Waals surface area contributed by atoms with E-state index in [1.807, 2.05) is 24.1 Å². The fraction of sp³-hybridized carbons (Fsp3) is 0.562. The summed E-state index contributed by atoms with van der Waals surface area (Å²) in [5.74, 6) is 2.61. The lowest BCUT2D eigenvalue weighted by Gasteiger charge is -2.20. The Bertz CT molecular complexity index is 574. The SMILES string of the molecule is CC(C)c1cc(N(C)Cc2cnn(C)c2)nc(C(C)C)n1. The van der Waals surface area contributed by atoms with Crippen molar-refractivity contribution in [1.29, 1.82) is 0 Å². The van der Waals surface area contributed by atoms with Gasteiger partial charge in [0.2, 0.25) is 0 Å². The number of aromatic nitrogens is 4. The average molecular weight is 287 g/mol. The molecule has 114 valence electrons. The first-order chi connectivity index (χ1) is 9.86. The minimum absolute atomic E-state index is 0.328. The molecule has 0 bridgehead atoms. The van der Waals surface area contributed by atoms with E-state index in [0.29, 0.717) is 11.8 Å². The number of rotatable bonds is 5. The molecule has 21 heavy (non-hydrogen) atoms. The summed E-state index contributed by atoms with van der Waals surface area (Å²) >= 11 is 0. The van der Waals surface area contributed by atoms with Gasteiger partial charge in [0.15, 0.2) is 0 Å². The van der Waals surface area contributed by atoms with Gasteiger partial charge in [0.25, 0.3) is 0 Å². The van der Waals surface area contributed by atoms with Crippen LogP contribution in [0.25, 0.3) is 0 Å². The van der Waals surface area contributed by atoms with Gasteiger partial charge in [-0.15, -0.1) is 0 Å².